The number of aromatic nitrogens is 2. The second kappa shape index (κ2) is 14.4. The van der Waals surface area contributed by atoms with Gasteiger partial charge in [0.05, 0.1) is 27.8 Å². The Hall–Kier alpha value is -8.20. The Balaban J connectivity index is 1.07. The van der Waals surface area contributed by atoms with Crippen molar-refractivity contribution < 1.29 is 0 Å². The zero-order valence-corrected chi connectivity index (χ0v) is 35.5. The van der Waals surface area contributed by atoms with Gasteiger partial charge >= 0.3 is 0 Å². The molecule has 2 nitrogen and oxygen atoms in total. The number of aryl methyl sites for hydroxylation is 1. The van der Waals surface area contributed by atoms with E-state index < -0.39 is 0 Å². The van der Waals surface area contributed by atoms with E-state index in [-0.39, 0.29) is 0 Å². The van der Waals surface area contributed by atoms with Crippen LogP contribution in [0.15, 0.2) is 224 Å². The van der Waals surface area contributed by atoms with Gasteiger partial charge in [0.1, 0.15) is 0 Å². The van der Waals surface area contributed by atoms with E-state index in [0.717, 1.165) is 12.1 Å². The molecule has 0 N–H and O–H groups in total. The summed E-state index contributed by atoms with van der Waals surface area (Å²) < 4.78 is 4.96. The maximum absolute atomic E-state index is 2.54. The molecular formula is C62H42N2. The van der Waals surface area contributed by atoms with Gasteiger partial charge in [0, 0.05) is 38.4 Å². The third-order valence-corrected chi connectivity index (χ3v) is 13.7. The van der Waals surface area contributed by atoms with Crippen LogP contribution in [0.1, 0.15) is 16.7 Å². The molecule has 10 aromatic carbocycles. The number of hydrogen-bond acceptors (Lipinski definition) is 0. The monoisotopic (exact) mass is 814 g/mol. The fourth-order valence-corrected chi connectivity index (χ4v) is 10.9. The number of rotatable bonds is 6. The lowest BCUT2D eigenvalue weighted by atomic mass is 9.85. The van der Waals surface area contributed by atoms with Crippen LogP contribution in [0, 0.1) is 6.92 Å². The summed E-state index contributed by atoms with van der Waals surface area (Å²) in [7, 11) is 0. The van der Waals surface area contributed by atoms with Crippen LogP contribution in [0.5, 0.6) is 0 Å². The Morgan fingerprint density at radius 1 is 0.359 bits per heavy atom. The molecule has 0 atom stereocenters. The maximum Gasteiger partial charge on any atom is 0.0620 e. The summed E-state index contributed by atoms with van der Waals surface area (Å²) in [5.41, 5.74) is 23.6. The second-order valence-corrected chi connectivity index (χ2v) is 17.3. The van der Waals surface area contributed by atoms with E-state index >= 15 is 0 Å². The summed E-state index contributed by atoms with van der Waals surface area (Å²) in [6, 6.07) is 83.2. The van der Waals surface area contributed by atoms with Crippen molar-refractivity contribution in [1.82, 2.24) is 9.13 Å². The van der Waals surface area contributed by atoms with Gasteiger partial charge in [-0.2, -0.15) is 0 Å². The van der Waals surface area contributed by atoms with Crippen molar-refractivity contribution in [2.24, 2.45) is 0 Å². The van der Waals surface area contributed by atoms with Gasteiger partial charge < -0.3 is 9.13 Å². The molecule has 64 heavy (non-hydrogen) atoms. The molecule has 0 saturated carbocycles. The highest BCUT2D eigenvalue weighted by molar-refractivity contribution is 6.20. The van der Waals surface area contributed by atoms with Gasteiger partial charge in [0.25, 0.3) is 0 Å². The van der Waals surface area contributed by atoms with E-state index in [1.54, 1.807) is 0 Å². The average molecular weight is 815 g/mol. The summed E-state index contributed by atoms with van der Waals surface area (Å²) in [6.45, 7) is 2.24. The van der Waals surface area contributed by atoms with E-state index in [9.17, 15) is 0 Å². The predicted molar refractivity (Wildman–Crippen MR) is 270 cm³/mol. The molecule has 2 aromatic heterocycles. The van der Waals surface area contributed by atoms with Crippen LogP contribution in [0.4, 0.5) is 0 Å². The maximum atomic E-state index is 2.54. The van der Waals surface area contributed by atoms with Crippen molar-refractivity contribution in [2.45, 2.75) is 13.3 Å². The second-order valence-electron chi connectivity index (χ2n) is 17.3. The highest BCUT2D eigenvalue weighted by atomic mass is 15.0. The van der Waals surface area contributed by atoms with Gasteiger partial charge in [-0.15, -0.1) is 0 Å². The number of benzene rings is 10. The summed E-state index contributed by atoms with van der Waals surface area (Å²) in [5.74, 6) is 0. The van der Waals surface area contributed by atoms with Crippen LogP contribution in [-0.2, 0) is 6.42 Å². The first kappa shape index (κ1) is 36.5. The molecule has 2 heteroatoms. The zero-order chi connectivity index (χ0) is 42.3. The first-order chi connectivity index (χ1) is 31.7. The van der Waals surface area contributed by atoms with Crippen molar-refractivity contribution in [3.63, 3.8) is 0 Å². The minimum atomic E-state index is 0.859. The fraction of sp³-hybridized carbons (Fsp3) is 0.0323. The van der Waals surface area contributed by atoms with Crippen molar-refractivity contribution in [3.05, 3.63) is 241 Å². The Morgan fingerprint density at radius 2 is 0.953 bits per heavy atom. The van der Waals surface area contributed by atoms with Crippen LogP contribution in [-0.4, -0.2) is 9.13 Å². The van der Waals surface area contributed by atoms with Gasteiger partial charge in [-0.25, -0.2) is 0 Å². The first-order valence-corrected chi connectivity index (χ1v) is 22.3. The fourth-order valence-electron chi connectivity index (χ4n) is 10.9. The Kier molecular flexibility index (Phi) is 8.23. The smallest absolute Gasteiger partial charge is 0.0620 e. The zero-order valence-electron chi connectivity index (χ0n) is 35.5. The number of fused-ring (bicyclic) bond motifs is 11. The minimum absolute atomic E-state index is 0.859. The predicted octanol–water partition coefficient (Wildman–Crippen LogP) is 16.4. The first-order valence-electron chi connectivity index (χ1n) is 22.3. The average Bonchev–Trinajstić information content (AvgIpc) is 3.83. The molecule has 0 radical (unpaired) electrons. The topological polar surface area (TPSA) is 9.86 Å². The third kappa shape index (κ3) is 5.52. The summed E-state index contributed by atoms with van der Waals surface area (Å²) in [6.07, 6.45) is 0.859. The minimum Gasteiger partial charge on any atom is -0.309 e. The number of nitrogens with zero attached hydrogens (tertiary/aromatic N) is 2. The van der Waals surface area contributed by atoms with E-state index in [2.05, 4.69) is 241 Å². The van der Waals surface area contributed by atoms with Crippen LogP contribution in [0.3, 0.4) is 0 Å². The van der Waals surface area contributed by atoms with Crippen LogP contribution in [0.25, 0.3) is 111 Å². The molecule has 0 spiro atoms. The van der Waals surface area contributed by atoms with Crippen LogP contribution in [0.2, 0.25) is 0 Å². The lowest BCUT2D eigenvalue weighted by molar-refractivity contribution is 1.18. The standard InChI is InChI=1S/C62H42N2/c1-40-18-8-9-24-46(40)60-43(36-41-19-4-2-5-20-41)21-16-29-47(60)42-34-35-58-53(37-42)49-25-10-11-26-50(49)54-38-44(39-55-51-27-12-14-31-56(51)64(58)62(54)55)48-30-17-33-59-61(48)52-28-13-15-32-57(52)63(59)45-22-6-3-7-23-45/h2-35,37-39H,36H2,1H3. The molecule has 0 amide bonds. The Bertz CT molecular complexity index is 3810. The summed E-state index contributed by atoms with van der Waals surface area (Å²) in [4.78, 5) is 0. The molecule has 300 valence electrons. The molecule has 13 rings (SSSR count). The van der Waals surface area contributed by atoms with Gasteiger partial charge in [-0.3, -0.25) is 0 Å². The van der Waals surface area contributed by atoms with Gasteiger partial charge in [-0.1, -0.05) is 170 Å². The van der Waals surface area contributed by atoms with E-state index in [4.69, 9.17) is 0 Å². The molecule has 3 heterocycles. The molecule has 12 aromatic rings. The van der Waals surface area contributed by atoms with Gasteiger partial charge in [0.2, 0.25) is 0 Å². The Morgan fingerprint density at radius 3 is 1.75 bits per heavy atom. The largest absolute Gasteiger partial charge is 0.309 e. The number of para-hydroxylation sites is 3. The molecule has 0 aliphatic carbocycles. The SMILES string of the molecule is Cc1ccccc1-c1c(Cc2ccccc2)cccc1-c1ccc2c(c1)-c1ccccc1-c1cc(-c3cccc4c3c3ccccc3n4-c3ccccc3)cc3c4ccccc4n-2c13. The molecular weight excluding hydrogens is 773 g/mol. The highest BCUT2D eigenvalue weighted by Gasteiger charge is 2.27. The molecule has 0 bridgehead atoms. The molecule has 1 aliphatic rings. The van der Waals surface area contributed by atoms with Crippen LogP contribution >= 0.6 is 0 Å². The quantitative estimate of drug-likeness (QED) is 0.158. The molecule has 1 aliphatic heterocycles. The van der Waals surface area contributed by atoms with Crippen LogP contribution < -0.4 is 0 Å². The van der Waals surface area contributed by atoms with Crippen molar-refractivity contribution in [3.8, 4) is 67.0 Å². The van der Waals surface area contributed by atoms with Crippen molar-refractivity contribution in [1.29, 1.82) is 0 Å². The van der Waals surface area contributed by atoms with E-state index in [0.29, 0.717) is 0 Å². The Labute approximate surface area is 372 Å². The normalized spacial score (nSPS) is 11.9. The molecule has 0 saturated heterocycles. The van der Waals surface area contributed by atoms with Crippen molar-refractivity contribution >= 4 is 43.6 Å². The lowest BCUT2D eigenvalue weighted by Crippen LogP contribution is -1.99. The highest BCUT2D eigenvalue weighted by Crippen LogP contribution is 2.50. The lowest BCUT2D eigenvalue weighted by Gasteiger charge is -2.20. The van der Waals surface area contributed by atoms with Gasteiger partial charge in [-0.05, 0) is 129 Å². The van der Waals surface area contributed by atoms with E-state index in [1.165, 1.54) is 122 Å². The third-order valence-electron chi connectivity index (χ3n) is 13.7. The number of hydrogen-bond donors (Lipinski definition) is 0. The molecule has 0 fully saturated rings. The summed E-state index contributed by atoms with van der Waals surface area (Å²) in [5, 5.41) is 5.04. The summed E-state index contributed by atoms with van der Waals surface area (Å²) >= 11 is 0. The van der Waals surface area contributed by atoms with E-state index in [1.807, 2.05) is 0 Å². The van der Waals surface area contributed by atoms with Crippen molar-refractivity contribution in [2.75, 3.05) is 0 Å². The van der Waals surface area contributed by atoms with Gasteiger partial charge in [0.15, 0.2) is 0 Å². The molecule has 0 unspecified atom stereocenters.